The van der Waals surface area contributed by atoms with E-state index in [4.69, 9.17) is 0 Å². The predicted octanol–water partition coefficient (Wildman–Crippen LogP) is 4.89. The first-order valence-electron chi connectivity index (χ1n) is 9.20. The largest absolute Gasteiger partial charge is 0.291 e. The minimum absolute atomic E-state index is 0.216. The molecule has 4 aliphatic carbocycles. The van der Waals surface area contributed by atoms with Crippen LogP contribution in [0.25, 0.3) is 0 Å². The first-order chi connectivity index (χ1) is 10.1. The zero-order valence-electron chi connectivity index (χ0n) is 13.7. The van der Waals surface area contributed by atoms with Crippen molar-refractivity contribution in [2.75, 3.05) is 0 Å². The van der Waals surface area contributed by atoms with Gasteiger partial charge in [-0.2, -0.15) is 0 Å². The monoisotopic (exact) mass is 289 g/mol. The van der Waals surface area contributed by atoms with Gasteiger partial charge >= 0.3 is 0 Å². The van der Waals surface area contributed by atoms with Crippen molar-refractivity contribution in [3.8, 4) is 0 Å². The van der Waals surface area contributed by atoms with E-state index in [0.29, 0.717) is 5.41 Å². The van der Waals surface area contributed by atoms with Gasteiger partial charge in [-0.05, 0) is 74.0 Å². The van der Waals surface area contributed by atoms with Gasteiger partial charge in [0.15, 0.2) is 0 Å². The standard InChI is InChI=1S/C19H31NO/c1-18-11-4-3-5-13(18)6-7-14-15-8-9-17(20-21)19(15,2)12-10-16(14)18/h9,13-16,20-21H,3-8,10-12H2,1-2H3/t13-,14-,15-,16-,18-,19+/m1/s1. The molecule has 0 bridgehead atoms. The summed E-state index contributed by atoms with van der Waals surface area (Å²) in [7, 11) is 0. The summed E-state index contributed by atoms with van der Waals surface area (Å²) in [6.45, 7) is 5.02. The van der Waals surface area contributed by atoms with E-state index in [-0.39, 0.29) is 5.41 Å². The van der Waals surface area contributed by atoms with Crippen molar-refractivity contribution in [2.24, 2.45) is 34.5 Å². The van der Waals surface area contributed by atoms with Crippen molar-refractivity contribution in [3.05, 3.63) is 11.8 Å². The molecule has 0 amide bonds. The zero-order chi connectivity index (χ0) is 14.7. The fourth-order valence-corrected chi connectivity index (χ4v) is 7.04. The molecule has 0 aliphatic heterocycles. The van der Waals surface area contributed by atoms with Crippen molar-refractivity contribution in [1.29, 1.82) is 0 Å². The summed E-state index contributed by atoms with van der Waals surface area (Å²) in [6.07, 6.45) is 14.9. The molecule has 0 aromatic heterocycles. The Morgan fingerprint density at radius 1 is 1.05 bits per heavy atom. The first kappa shape index (κ1) is 14.1. The highest BCUT2D eigenvalue weighted by atomic mass is 16.5. The van der Waals surface area contributed by atoms with Gasteiger partial charge in [-0.3, -0.25) is 10.7 Å². The highest BCUT2D eigenvalue weighted by molar-refractivity contribution is 5.23. The average Bonchev–Trinajstić information content (AvgIpc) is 2.83. The van der Waals surface area contributed by atoms with Crippen LogP contribution in [0.1, 0.15) is 71.6 Å². The van der Waals surface area contributed by atoms with Crippen LogP contribution in [0.3, 0.4) is 0 Å². The molecule has 6 atom stereocenters. The lowest BCUT2D eigenvalue weighted by Crippen LogP contribution is -2.52. The van der Waals surface area contributed by atoms with Crippen LogP contribution >= 0.6 is 0 Å². The van der Waals surface area contributed by atoms with Gasteiger partial charge in [0.2, 0.25) is 0 Å². The molecule has 2 N–H and O–H groups in total. The minimum atomic E-state index is 0.216. The molecule has 0 spiro atoms. The molecule has 4 aliphatic rings. The molecular weight excluding hydrogens is 258 g/mol. The molecule has 0 saturated heterocycles. The number of allylic oxidation sites excluding steroid dienone is 2. The lowest BCUT2D eigenvalue weighted by molar-refractivity contribution is -0.102. The summed E-state index contributed by atoms with van der Waals surface area (Å²) in [6, 6.07) is 0. The molecule has 0 heterocycles. The van der Waals surface area contributed by atoms with Crippen LogP contribution in [-0.4, -0.2) is 5.21 Å². The molecule has 4 rings (SSSR count). The summed E-state index contributed by atoms with van der Waals surface area (Å²) in [5.74, 6) is 3.61. The van der Waals surface area contributed by atoms with Gasteiger partial charge in [-0.25, -0.2) is 0 Å². The topological polar surface area (TPSA) is 32.3 Å². The normalized spacial score (nSPS) is 52.4. The summed E-state index contributed by atoms with van der Waals surface area (Å²) < 4.78 is 0. The van der Waals surface area contributed by atoms with Crippen LogP contribution in [0, 0.1) is 34.5 Å². The summed E-state index contributed by atoms with van der Waals surface area (Å²) in [5.41, 5.74) is 4.48. The van der Waals surface area contributed by atoms with E-state index >= 15 is 0 Å². The Hall–Kier alpha value is -0.500. The second-order valence-electron chi connectivity index (χ2n) is 8.82. The molecule has 21 heavy (non-hydrogen) atoms. The van der Waals surface area contributed by atoms with E-state index in [0.717, 1.165) is 29.4 Å². The van der Waals surface area contributed by atoms with E-state index in [2.05, 4.69) is 25.4 Å². The van der Waals surface area contributed by atoms with E-state index < -0.39 is 0 Å². The Labute approximate surface area is 129 Å². The Kier molecular flexibility index (Phi) is 3.19. The molecule has 0 aromatic carbocycles. The lowest BCUT2D eigenvalue weighted by Gasteiger charge is -2.60. The van der Waals surface area contributed by atoms with Crippen LogP contribution < -0.4 is 5.48 Å². The number of hydrogen-bond acceptors (Lipinski definition) is 2. The van der Waals surface area contributed by atoms with E-state index in [1.54, 1.807) is 0 Å². The predicted molar refractivity (Wildman–Crippen MR) is 84.7 cm³/mol. The van der Waals surface area contributed by atoms with Gasteiger partial charge < -0.3 is 0 Å². The van der Waals surface area contributed by atoms with Gasteiger partial charge in [-0.1, -0.05) is 32.8 Å². The van der Waals surface area contributed by atoms with Crippen molar-refractivity contribution < 1.29 is 5.21 Å². The molecule has 3 saturated carbocycles. The Morgan fingerprint density at radius 3 is 2.71 bits per heavy atom. The second kappa shape index (κ2) is 4.75. The van der Waals surface area contributed by atoms with Crippen LogP contribution in [0.5, 0.6) is 0 Å². The quantitative estimate of drug-likeness (QED) is 0.673. The molecule has 2 heteroatoms. The van der Waals surface area contributed by atoms with E-state index in [9.17, 15) is 5.21 Å². The summed E-state index contributed by atoms with van der Waals surface area (Å²) >= 11 is 0. The maximum Gasteiger partial charge on any atom is 0.0398 e. The third-order valence-electron chi connectivity index (χ3n) is 8.28. The van der Waals surface area contributed by atoms with Gasteiger partial charge in [0, 0.05) is 11.1 Å². The number of hydroxylamine groups is 1. The fourth-order valence-electron chi connectivity index (χ4n) is 7.04. The van der Waals surface area contributed by atoms with Crippen LogP contribution in [0.4, 0.5) is 0 Å². The number of rotatable bonds is 1. The fraction of sp³-hybridized carbons (Fsp3) is 0.895. The van der Waals surface area contributed by atoms with Gasteiger partial charge in [0.1, 0.15) is 0 Å². The van der Waals surface area contributed by atoms with Crippen molar-refractivity contribution >= 4 is 0 Å². The number of fused-ring (bicyclic) bond motifs is 5. The molecule has 3 fully saturated rings. The maximum absolute atomic E-state index is 9.49. The Balaban J connectivity index is 1.63. The molecular formula is C19H31NO. The lowest BCUT2D eigenvalue weighted by atomic mass is 9.45. The van der Waals surface area contributed by atoms with E-state index in [1.807, 2.05) is 0 Å². The molecule has 0 radical (unpaired) electrons. The maximum atomic E-state index is 9.49. The van der Waals surface area contributed by atoms with Crippen LogP contribution in [0.2, 0.25) is 0 Å². The Morgan fingerprint density at radius 2 is 1.90 bits per heavy atom. The Bertz CT molecular complexity index is 458. The highest BCUT2D eigenvalue weighted by Gasteiger charge is 2.57. The number of hydrogen-bond donors (Lipinski definition) is 2. The number of nitrogens with one attached hydrogen (secondary N) is 1. The van der Waals surface area contributed by atoms with Crippen molar-refractivity contribution in [2.45, 2.75) is 71.6 Å². The zero-order valence-corrected chi connectivity index (χ0v) is 13.7. The van der Waals surface area contributed by atoms with Gasteiger partial charge in [-0.15, -0.1) is 0 Å². The molecule has 2 nitrogen and oxygen atoms in total. The molecule has 0 unspecified atom stereocenters. The SMILES string of the molecule is C[C@@]12CCCC[C@@H]1CC[C@H]1[C@H]2CC[C@]2(C)C(NO)=CC[C@H]12. The van der Waals surface area contributed by atoms with Crippen molar-refractivity contribution in [1.82, 2.24) is 5.48 Å². The first-order valence-corrected chi connectivity index (χ1v) is 9.20. The second-order valence-corrected chi connectivity index (χ2v) is 8.82. The third kappa shape index (κ3) is 1.81. The smallest absolute Gasteiger partial charge is 0.0398 e. The minimum Gasteiger partial charge on any atom is -0.291 e. The average molecular weight is 289 g/mol. The molecule has 0 aromatic rings. The highest BCUT2D eigenvalue weighted by Crippen LogP contribution is 2.65. The third-order valence-corrected chi connectivity index (χ3v) is 8.28. The van der Waals surface area contributed by atoms with Crippen molar-refractivity contribution in [3.63, 3.8) is 0 Å². The summed E-state index contributed by atoms with van der Waals surface area (Å²) in [5, 5.41) is 9.49. The molecule has 118 valence electrons. The summed E-state index contributed by atoms with van der Waals surface area (Å²) in [4.78, 5) is 0. The van der Waals surface area contributed by atoms with Crippen LogP contribution in [-0.2, 0) is 0 Å². The van der Waals surface area contributed by atoms with Crippen LogP contribution in [0.15, 0.2) is 11.8 Å². The van der Waals surface area contributed by atoms with Gasteiger partial charge in [0.05, 0.1) is 0 Å². The van der Waals surface area contributed by atoms with E-state index in [1.165, 1.54) is 57.8 Å². The van der Waals surface area contributed by atoms with Gasteiger partial charge in [0.25, 0.3) is 0 Å².